The Morgan fingerprint density at radius 1 is 1.06 bits per heavy atom. The average molecular weight is 348 g/mol. The zero-order valence-electron chi connectivity index (χ0n) is 7.98. The minimum absolute atomic E-state index is 0.0946. The third kappa shape index (κ3) is 2.33. The Hall–Kier alpha value is -1.15. The largest absolute Gasteiger partial charge is 0.368 e. The van der Waals surface area contributed by atoms with Crippen molar-refractivity contribution < 1.29 is 0 Å². The molecule has 1 aromatic carbocycles. The maximum atomic E-state index is 6.00. The Balaban J connectivity index is 2.54. The Kier molecular flexibility index (Phi) is 3.10. The summed E-state index contributed by atoms with van der Waals surface area (Å²) in [4.78, 5) is 11.7. The van der Waals surface area contributed by atoms with E-state index in [-0.39, 0.29) is 11.9 Å². The third-order valence-electron chi connectivity index (χ3n) is 1.85. The van der Waals surface area contributed by atoms with Crippen LogP contribution in [0.1, 0.15) is 0 Å². The first-order valence-corrected chi connectivity index (χ1v) is 5.74. The fourth-order valence-corrected chi connectivity index (χ4v) is 1.69. The Morgan fingerprint density at radius 2 is 1.69 bits per heavy atom. The van der Waals surface area contributed by atoms with Crippen LogP contribution in [0, 0.1) is 3.57 Å². The van der Waals surface area contributed by atoms with E-state index in [2.05, 4.69) is 37.5 Å². The van der Waals surface area contributed by atoms with Crippen molar-refractivity contribution in [1.29, 1.82) is 0 Å². The molecule has 82 valence electrons. The lowest BCUT2D eigenvalue weighted by molar-refractivity contribution is 1.09. The molecule has 0 aliphatic heterocycles. The van der Waals surface area contributed by atoms with E-state index < -0.39 is 0 Å². The average Bonchev–Trinajstić information content (AvgIpc) is 2.20. The molecule has 0 unspecified atom stereocenters. The summed E-state index contributed by atoms with van der Waals surface area (Å²) in [6.45, 7) is 0. The van der Waals surface area contributed by atoms with Crippen LogP contribution in [0.4, 0.5) is 11.9 Å². The number of nitrogens with zero attached hydrogens (tertiary/aromatic N) is 3. The van der Waals surface area contributed by atoms with Gasteiger partial charge in [0.25, 0.3) is 0 Å². The number of nitrogens with two attached hydrogens (primary N) is 2. The molecule has 2 rings (SSSR count). The minimum atomic E-state index is 0.0946. The fraction of sp³-hybridized carbons (Fsp3) is 0. The van der Waals surface area contributed by atoms with Crippen molar-refractivity contribution in [3.05, 3.63) is 26.8 Å². The molecule has 5 nitrogen and oxygen atoms in total. The Bertz CT molecular complexity index is 525. The van der Waals surface area contributed by atoms with Crippen LogP contribution in [0.3, 0.4) is 0 Å². The maximum absolute atomic E-state index is 6.00. The normalized spacial score (nSPS) is 10.4. The molecule has 0 saturated carbocycles. The van der Waals surface area contributed by atoms with Crippen LogP contribution in [0.5, 0.6) is 0 Å². The first kappa shape index (κ1) is 11.3. The Morgan fingerprint density at radius 3 is 2.25 bits per heavy atom. The molecule has 4 N–H and O–H groups in total. The third-order valence-corrected chi connectivity index (χ3v) is 3.42. The quantitative estimate of drug-likeness (QED) is 0.770. The van der Waals surface area contributed by atoms with Gasteiger partial charge in [-0.2, -0.15) is 15.0 Å². The van der Waals surface area contributed by atoms with E-state index in [0.29, 0.717) is 10.8 Å². The summed E-state index contributed by atoms with van der Waals surface area (Å²) >= 11 is 8.14. The van der Waals surface area contributed by atoms with Gasteiger partial charge in [0.1, 0.15) is 0 Å². The van der Waals surface area contributed by atoms with Crippen LogP contribution in [0.25, 0.3) is 11.4 Å². The van der Waals surface area contributed by atoms with Crippen molar-refractivity contribution in [3.63, 3.8) is 0 Å². The van der Waals surface area contributed by atoms with Gasteiger partial charge in [-0.3, -0.25) is 0 Å². The van der Waals surface area contributed by atoms with Crippen molar-refractivity contribution in [2.75, 3.05) is 11.5 Å². The molecule has 0 radical (unpaired) electrons. The molecule has 0 aliphatic rings. The molecule has 0 atom stereocenters. The lowest BCUT2D eigenvalue weighted by Gasteiger charge is -2.03. The van der Waals surface area contributed by atoms with Gasteiger partial charge in [0.2, 0.25) is 11.9 Å². The smallest absolute Gasteiger partial charge is 0.225 e. The number of hydrogen-bond donors (Lipinski definition) is 2. The molecule has 0 bridgehead atoms. The van der Waals surface area contributed by atoms with Crippen LogP contribution in [-0.4, -0.2) is 15.0 Å². The van der Waals surface area contributed by atoms with Crippen molar-refractivity contribution >= 4 is 46.1 Å². The molecule has 2 aromatic rings. The van der Waals surface area contributed by atoms with E-state index in [0.717, 1.165) is 9.13 Å². The molecule has 1 aromatic heterocycles. The first-order valence-electron chi connectivity index (χ1n) is 4.28. The van der Waals surface area contributed by atoms with E-state index in [1.54, 1.807) is 6.07 Å². The summed E-state index contributed by atoms with van der Waals surface area (Å²) in [6, 6.07) is 5.48. The number of halogens is 2. The molecule has 0 aliphatic carbocycles. The highest BCUT2D eigenvalue weighted by molar-refractivity contribution is 14.1. The minimum Gasteiger partial charge on any atom is -0.368 e. The highest BCUT2D eigenvalue weighted by Gasteiger charge is 2.06. The lowest BCUT2D eigenvalue weighted by atomic mass is 10.2. The van der Waals surface area contributed by atoms with Gasteiger partial charge in [-0.1, -0.05) is 17.7 Å². The number of aromatic nitrogens is 3. The van der Waals surface area contributed by atoms with Gasteiger partial charge in [0.15, 0.2) is 5.82 Å². The monoisotopic (exact) mass is 347 g/mol. The summed E-state index contributed by atoms with van der Waals surface area (Å²) in [5.41, 5.74) is 11.7. The highest BCUT2D eigenvalue weighted by Crippen LogP contribution is 2.24. The molecule has 7 heteroatoms. The number of anilines is 2. The zero-order chi connectivity index (χ0) is 11.7. The second kappa shape index (κ2) is 4.38. The zero-order valence-corrected chi connectivity index (χ0v) is 10.9. The molecular formula is C9H7ClIN5. The van der Waals surface area contributed by atoms with Gasteiger partial charge in [0, 0.05) is 9.13 Å². The SMILES string of the molecule is Nc1nc(N)nc(-c2ccc(I)c(Cl)c2)n1. The molecule has 0 amide bonds. The van der Waals surface area contributed by atoms with E-state index in [9.17, 15) is 0 Å². The van der Waals surface area contributed by atoms with Crippen LogP contribution in [0.15, 0.2) is 18.2 Å². The molecule has 0 spiro atoms. The number of benzene rings is 1. The van der Waals surface area contributed by atoms with Gasteiger partial charge in [-0.25, -0.2) is 0 Å². The molecule has 1 heterocycles. The second-order valence-corrected chi connectivity index (χ2v) is 4.57. The van der Waals surface area contributed by atoms with Crippen molar-refractivity contribution in [1.82, 2.24) is 15.0 Å². The van der Waals surface area contributed by atoms with Crippen LogP contribution in [-0.2, 0) is 0 Å². The van der Waals surface area contributed by atoms with E-state index in [4.69, 9.17) is 23.1 Å². The van der Waals surface area contributed by atoms with Gasteiger partial charge < -0.3 is 11.5 Å². The molecular weight excluding hydrogens is 340 g/mol. The van der Waals surface area contributed by atoms with Gasteiger partial charge in [-0.15, -0.1) is 0 Å². The van der Waals surface area contributed by atoms with Gasteiger partial charge in [-0.05, 0) is 34.7 Å². The number of nitrogen functional groups attached to an aromatic ring is 2. The van der Waals surface area contributed by atoms with Gasteiger partial charge >= 0.3 is 0 Å². The van der Waals surface area contributed by atoms with Crippen molar-refractivity contribution in [3.8, 4) is 11.4 Å². The second-order valence-electron chi connectivity index (χ2n) is 3.00. The van der Waals surface area contributed by atoms with Crippen LogP contribution < -0.4 is 11.5 Å². The summed E-state index contributed by atoms with van der Waals surface area (Å²) in [5.74, 6) is 0.609. The van der Waals surface area contributed by atoms with E-state index in [1.165, 1.54) is 0 Å². The predicted octanol–water partition coefficient (Wildman–Crippen LogP) is 1.96. The van der Waals surface area contributed by atoms with Crippen LogP contribution >= 0.6 is 34.2 Å². The maximum Gasteiger partial charge on any atom is 0.225 e. The highest BCUT2D eigenvalue weighted by atomic mass is 127. The lowest BCUT2D eigenvalue weighted by Crippen LogP contribution is -2.04. The number of rotatable bonds is 1. The standard InChI is InChI=1S/C9H7ClIN5/c10-5-3-4(1-2-6(5)11)7-14-8(12)16-9(13)15-7/h1-3H,(H4,12,13,14,15,16). The predicted molar refractivity (Wildman–Crippen MR) is 71.8 cm³/mol. The number of hydrogen-bond acceptors (Lipinski definition) is 5. The van der Waals surface area contributed by atoms with Gasteiger partial charge in [0.05, 0.1) is 5.02 Å². The molecule has 0 saturated heterocycles. The first-order chi connectivity index (χ1) is 7.56. The molecule has 0 fully saturated rings. The summed E-state index contributed by atoms with van der Waals surface area (Å²) in [6.07, 6.45) is 0. The summed E-state index contributed by atoms with van der Waals surface area (Å²) < 4.78 is 0.956. The fourth-order valence-electron chi connectivity index (χ4n) is 1.17. The van der Waals surface area contributed by atoms with E-state index >= 15 is 0 Å². The van der Waals surface area contributed by atoms with Crippen molar-refractivity contribution in [2.45, 2.75) is 0 Å². The van der Waals surface area contributed by atoms with E-state index in [1.807, 2.05) is 12.1 Å². The Labute approximate surface area is 110 Å². The molecule has 16 heavy (non-hydrogen) atoms. The summed E-state index contributed by atoms with van der Waals surface area (Å²) in [5, 5.41) is 0.635. The van der Waals surface area contributed by atoms with Crippen molar-refractivity contribution in [2.24, 2.45) is 0 Å². The van der Waals surface area contributed by atoms with Crippen LogP contribution in [0.2, 0.25) is 5.02 Å². The topological polar surface area (TPSA) is 90.7 Å². The summed E-state index contributed by atoms with van der Waals surface area (Å²) in [7, 11) is 0.